The first-order chi connectivity index (χ1) is 7.54. The third kappa shape index (κ3) is 4.08. The molecule has 0 radical (unpaired) electrons. The Kier molecular flexibility index (Phi) is 4.57. The van der Waals surface area contributed by atoms with Gasteiger partial charge in [-0.25, -0.2) is 0 Å². The molecule has 3 nitrogen and oxygen atoms in total. The largest absolute Gasteiger partial charge is 0.494 e. The third-order valence-electron chi connectivity index (χ3n) is 1.90. The Morgan fingerprint density at radius 2 is 2.06 bits per heavy atom. The van der Waals surface area contributed by atoms with Crippen molar-refractivity contribution in [2.45, 2.75) is 12.6 Å². The van der Waals surface area contributed by atoms with Crippen molar-refractivity contribution in [2.24, 2.45) is 5.84 Å². The predicted molar refractivity (Wildman–Crippen MR) is 53.7 cm³/mol. The van der Waals surface area contributed by atoms with Crippen molar-refractivity contribution < 1.29 is 17.9 Å². The normalized spacial score (nSPS) is 11.5. The van der Waals surface area contributed by atoms with E-state index < -0.39 is 11.7 Å². The van der Waals surface area contributed by atoms with Crippen molar-refractivity contribution in [3.63, 3.8) is 0 Å². The van der Waals surface area contributed by atoms with E-state index in [1.165, 1.54) is 12.1 Å². The lowest BCUT2D eigenvalue weighted by Crippen LogP contribution is -2.24. The van der Waals surface area contributed by atoms with Gasteiger partial charge in [-0.05, 0) is 24.6 Å². The third-order valence-corrected chi connectivity index (χ3v) is 1.90. The number of alkyl halides is 3. The van der Waals surface area contributed by atoms with Crippen molar-refractivity contribution in [2.75, 3.05) is 13.2 Å². The van der Waals surface area contributed by atoms with Gasteiger partial charge < -0.3 is 4.74 Å². The van der Waals surface area contributed by atoms with Gasteiger partial charge in [0, 0.05) is 6.54 Å². The smallest absolute Gasteiger partial charge is 0.416 e. The summed E-state index contributed by atoms with van der Waals surface area (Å²) >= 11 is 0. The van der Waals surface area contributed by atoms with E-state index in [2.05, 4.69) is 5.43 Å². The number of halogens is 3. The van der Waals surface area contributed by atoms with Crippen molar-refractivity contribution in [3.05, 3.63) is 29.8 Å². The van der Waals surface area contributed by atoms with E-state index >= 15 is 0 Å². The van der Waals surface area contributed by atoms with Gasteiger partial charge >= 0.3 is 6.18 Å². The number of nitrogens with one attached hydrogen (secondary N) is 1. The standard InChI is InChI=1S/C10H13F3N2O/c11-10(12,13)8-3-1-4-9(7-8)16-6-2-5-15-14/h1,3-4,7,15H,2,5-6,14H2. The molecular weight excluding hydrogens is 221 g/mol. The predicted octanol–water partition coefficient (Wildman–Crippen LogP) is 1.94. The highest BCUT2D eigenvalue weighted by molar-refractivity contribution is 5.30. The number of nitrogens with two attached hydrogens (primary N) is 1. The van der Waals surface area contributed by atoms with E-state index in [4.69, 9.17) is 10.6 Å². The molecule has 90 valence electrons. The summed E-state index contributed by atoms with van der Waals surface area (Å²) in [5.41, 5.74) is 1.72. The van der Waals surface area contributed by atoms with Gasteiger partial charge in [-0.15, -0.1) is 0 Å². The van der Waals surface area contributed by atoms with E-state index in [0.29, 0.717) is 19.6 Å². The molecule has 1 aromatic carbocycles. The summed E-state index contributed by atoms with van der Waals surface area (Å²) in [6.45, 7) is 0.879. The van der Waals surface area contributed by atoms with Crippen LogP contribution < -0.4 is 16.0 Å². The minimum Gasteiger partial charge on any atom is -0.494 e. The van der Waals surface area contributed by atoms with Gasteiger partial charge in [-0.3, -0.25) is 11.3 Å². The first-order valence-electron chi connectivity index (χ1n) is 4.77. The van der Waals surface area contributed by atoms with Crippen molar-refractivity contribution in [1.29, 1.82) is 0 Å². The topological polar surface area (TPSA) is 47.3 Å². The van der Waals surface area contributed by atoms with E-state index in [9.17, 15) is 13.2 Å². The quantitative estimate of drug-likeness (QED) is 0.465. The molecule has 1 rings (SSSR count). The molecule has 1 aromatic rings. The Labute approximate surface area is 91.4 Å². The van der Waals surface area contributed by atoms with Crippen molar-refractivity contribution >= 4 is 0 Å². The highest BCUT2D eigenvalue weighted by Crippen LogP contribution is 2.31. The Morgan fingerprint density at radius 1 is 1.31 bits per heavy atom. The molecule has 0 spiro atoms. The number of ether oxygens (including phenoxy) is 1. The Balaban J connectivity index is 2.54. The number of benzene rings is 1. The Bertz CT molecular complexity index is 328. The molecule has 0 heterocycles. The molecule has 0 fully saturated rings. The van der Waals surface area contributed by atoms with Gasteiger partial charge in [0.15, 0.2) is 0 Å². The number of hydrogen-bond acceptors (Lipinski definition) is 3. The molecule has 0 atom stereocenters. The molecule has 0 saturated carbocycles. The van der Waals surface area contributed by atoms with Crippen LogP contribution in [-0.2, 0) is 6.18 Å². The van der Waals surface area contributed by atoms with Gasteiger partial charge in [-0.1, -0.05) is 6.07 Å². The minimum absolute atomic E-state index is 0.215. The lowest BCUT2D eigenvalue weighted by molar-refractivity contribution is -0.137. The molecule has 0 aromatic heterocycles. The summed E-state index contributed by atoms with van der Waals surface area (Å²) in [6, 6.07) is 4.80. The lowest BCUT2D eigenvalue weighted by atomic mass is 10.2. The first kappa shape index (κ1) is 12.8. The molecule has 0 amide bonds. The zero-order valence-corrected chi connectivity index (χ0v) is 8.55. The van der Waals surface area contributed by atoms with Crippen LogP contribution in [0.3, 0.4) is 0 Å². The van der Waals surface area contributed by atoms with Crippen LogP contribution in [-0.4, -0.2) is 13.2 Å². The molecule has 0 saturated heterocycles. The van der Waals surface area contributed by atoms with Crippen LogP contribution in [0.15, 0.2) is 24.3 Å². The summed E-state index contributed by atoms with van der Waals surface area (Å²) < 4.78 is 42.1. The Hall–Kier alpha value is -1.27. The monoisotopic (exact) mass is 234 g/mol. The highest BCUT2D eigenvalue weighted by atomic mass is 19.4. The minimum atomic E-state index is -4.34. The van der Waals surface area contributed by atoms with Gasteiger partial charge in [0.2, 0.25) is 0 Å². The maximum atomic E-state index is 12.3. The second-order valence-corrected chi connectivity index (χ2v) is 3.18. The van der Waals surface area contributed by atoms with E-state index in [-0.39, 0.29) is 5.75 Å². The average Bonchev–Trinajstić information content (AvgIpc) is 2.24. The van der Waals surface area contributed by atoms with Crippen LogP contribution in [0.1, 0.15) is 12.0 Å². The fraction of sp³-hybridized carbons (Fsp3) is 0.400. The maximum Gasteiger partial charge on any atom is 0.416 e. The molecule has 0 unspecified atom stereocenters. The van der Waals surface area contributed by atoms with E-state index in [1.54, 1.807) is 0 Å². The molecule has 0 aliphatic rings. The average molecular weight is 234 g/mol. The first-order valence-corrected chi connectivity index (χ1v) is 4.77. The maximum absolute atomic E-state index is 12.3. The molecule has 6 heteroatoms. The second kappa shape index (κ2) is 5.72. The fourth-order valence-corrected chi connectivity index (χ4v) is 1.13. The fourth-order valence-electron chi connectivity index (χ4n) is 1.13. The molecule has 0 bridgehead atoms. The van der Waals surface area contributed by atoms with Crippen LogP contribution in [0.4, 0.5) is 13.2 Å². The van der Waals surface area contributed by atoms with Gasteiger partial charge in [-0.2, -0.15) is 13.2 Å². The van der Waals surface area contributed by atoms with Crippen LogP contribution in [0.5, 0.6) is 5.75 Å². The van der Waals surface area contributed by atoms with Crippen LogP contribution >= 0.6 is 0 Å². The zero-order chi connectivity index (χ0) is 12.0. The number of hydrazine groups is 1. The second-order valence-electron chi connectivity index (χ2n) is 3.18. The van der Waals surface area contributed by atoms with Gasteiger partial charge in [0.1, 0.15) is 5.75 Å². The van der Waals surface area contributed by atoms with Crippen LogP contribution in [0.25, 0.3) is 0 Å². The SMILES string of the molecule is NNCCCOc1cccc(C(F)(F)F)c1. The summed E-state index contributed by atoms with van der Waals surface area (Å²) in [7, 11) is 0. The van der Waals surface area contributed by atoms with Gasteiger partial charge in [0.05, 0.1) is 12.2 Å². The lowest BCUT2D eigenvalue weighted by Gasteiger charge is -2.09. The molecular formula is C10H13F3N2O. The zero-order valence-electron chi connectivity index (χ0n) is 8.55. The number of rotatable bonds is 5. The molecule has 3 N–H and O–H groups in total. The summed E-state index contributed by atoms with van der Waals surface area (Å²) in [6.07, 6.45) is -3.70. The molecule has 0 aliphatic carbocycles. The Morgan fingerprint density at radius 3 is 2.69 bits per heavy atom. The molecule has 16 heavy (non-hydrogen) atoms. The van der Waals surface area contributed by atoms with Crippen molar-refractivity contribution in [3.8, 4) is 5.75 Å². The summed E-state index contributed by atoms with van der Waals surface area (Å²) in [4.78, 5) is 0. The molecule has 0 aliphatic heterocycles. The van der Waals surface area contributed by atoms with Crippen LogP contribution in [0, 0.1) is 0 Å². The van der Waals surface area contributed by atoms with E-state index in [1.807, 2.05) is 0 Å². The van der Waals surface area contributed by atoms with Crippen molar-refractivity contribution in [1.82, 2.24) is 5.43 Å². The number of hydrogen-bond donors (Lipinski definition) is 2. The summed E-state index contributed by atoms with van der Waals surface area (Å²) in [5.74, 6) is 5.25. The summed E-state index contributed by atoms with van der Waals surface area (Å²) in [5, 5.41) is 0. The highest BCUT2D eigenvalue weighted by Gasteiger charge is 2.30. The van der Waals surface area contributed by atoms with Gasteiger partial charge in [0.25, 0.3) is 0 Å². The van der Waals surface area contributed by atoms with Crippen LogP contribution in [0.2, 0.25) is 0 Å². The van der Waals surface area contributed by atoms with E-state index in [0.717, 1.165) is 12.1 Å².